The molecule has 5 aromatic rings. The van der Waals surface area contributed by atoms with E-state index in [1.54, 1.807) is 67.0 Å². The maximum atomic E-state index is 12.6. The van der Waals surface area contributed by atoms with Crippen molar-refractivity contribution in [2.45, 2.75) is 6.54 Å². The third-order valence-corrected chi connectivity index (χ3v) is 7.41. The molecule has 0 aliphatic heterocycles. The summed E-state index contributed by atoms with van der Waals surface area (Å²) >= 11 is 13.6. The van der Waals surface area contributed by atoms with Crippen LogP contribution in [0.25, 0.3) is 33.0 Å². The average Bonchev–Trinajstić information content (AvgIpc) is 3.44. The predicted molar refractivity (Wildman–Crippen MR) is 153 cm³/mol. The third kappa shape index (κ3) is 6.26. The molecular formula is C29H19Cl2N3O4S. The van der Waals surface area contributed by atoms with E-state index in [0.717, 1.165) is 16.8 Å². The number of carbonyl (C=O) groups is 2. The molecule has 2 aromatic heterocycles. The standard InChI is InChI=1S/C29H19Cl2N3O4S/c30-23-10-8-20(12-24(23)31)25-16-39-28(34-25)21-7-9-22(26(13-21)38-29(36)37)18-3-5-19(6-4-18)27(35)33-15-17-2-1-11-32-14-17/h1-14,16H,15H2,(H,33,35)(H,36,37). The van der Waals surface area contributed by atoms with Gasteiger partial charge in [-0.05, 0) is 53.6 Å². The fourth-order valence-electron chi connectivity index (χ4n) is 3.85. The van der Waals surface area contributed by atoms with Crippen LogP contribution < -0.4 is 10.1 Å². The molecule has 39 heavy (non-hydrogen) atoms. The molecule has 7 nitrogen and oxygen atoms in total. The molecule has 0 aliphatic rings. The summed E-state index contributed by atoms with van der Waals surface area (Å²) in [4.78, 5) is 32.7. The lowest BCUT2D eigenvalue weighted by atomic mass is 10.0. The minimum Gasteiger partial charge on any atom is -0.449 e. The Kier molecular flexibility index (Phi) is 7.88. The van der Waals surface area contributed by atoms with E-state index in [1.165, 1.54) is 11.3 Å². The summed E-state index contributed by atoms with van der Waals surface area (Å²) in [7, 11) is 0. The lowest BCUT2D eigenvalue weighted by Crippen LogP contribution is -2.22. The summed E-state index contributed by atoms with van der Waals surface area (Å²) < 4.78 is 5.12. The van der Waals surface area contributed by atoms with Crippen molar-refractivity contribution in [3.8, 4) is 38.7 Å². The van der Waals surface area contributed by atoms with E-state index in [1.807, 2.05) is 23.6 Å². The molecule has 0 saturated heterocycles. The molecule has 2 heterocycles. The van der Waals surface area contributed by atoms with Crippen LogP contribution in [0.15, 0.2) is 90.6 Å². The molecule has 1 amide bonds. The van der Waals surface area contributed by atoms with Crippen LogP contribution in [0.3, 0.4) is 0 Å². The van der Waals surface area contributed by atoms with Crippen molar-refractivity contribution in [3.63, 3.8) is 0 Å². The van der Waals surface area contributed by atoms with Gasteiger partial charge in [-0.25, -0.2) is 9.78 Å². The zero-order valence-corrected chi connectivity index (χ0v) is 22.4. The first-order valence-electron chi connectivity index (χ1n) is 11.6. The number of ether oxygens (including phenoxy) is 1. The number of benzene rings is 3. The number of amides is 1. The number of nitrogens with zero attached hydrogens (tertiary/aromatic N) is 2. The Bertz CT molecular complexity index is 1660. The number of carboxylic acid groups (broad SMARTS) is 1. The number of thiazole rings is 1. The van der Waals surface area contributed by atoms with Gasteiger partial charge in [-0.3, -0.25) is 9.78 Å². The normalized spacial score (nSPS) is 10.7. The molecule has 0 unspecified atom stereocenters. The largest absolute Gasteiger partial charge is 0.511 e. The van der Waals surface area contributed by atoms with E-state index in [-0.39, 0.29) is 11.7 Å². The number of aromatic nitrogens is 2. The second-order valence-electron chi connectivity index (χ2n) is 8.37. The monoisotopic (exact) mass is 575 g/mol. The Hall–Kier alpha value is -4.24. The van der Waals surface area contributed by atoms with Gasteiger partial charge < -0.3 is 15.2 Å². The highest BCUT2D eigenvalue weighted by molar-refractivity contribution is 7.13. The first-order chi connectivity index (χ1) is 18.9. The third-order valence-electron chi connectivity index (χ3n) is 5.78. The van der Waals surface area contributed by atoms with Gasteiger partial charge in [0.2, 0.25) is 0 Å². The number of hydrogen-bond acceptors (Lipinski definition) is 6. The van der Waals surface area contributed by atoms with Crippen molar-refractivity contribution in [1.29, 1.82) is 0 Å². The fourth-order valence-corrected chi connectivity index (χ4v) is 4.98. The Labute approximate surface area is 237 Å². The number of nitrogens with one attached hydrogen (secondary N) is 1. The second kappa shape index (κ2) is 11.7. The van der Waals surface area contributed by atoms with Gasteiger partial charge >= 0.3 is 6.16 Å². The van der Waals surface area contributed by atoms with Gasteiger partial charge in [-0.2, -0.15) is 0 Å². The summed E-state index contributed by atoms with van der Waals surface area (Å²) in [6.07, 6.45) is 1.93. The van der Waals surface area contributed by atoms with Gasteiger partial charge in [0.25, 0.3) is 5.91 Å². The van der Waals surface area contributed by atoms with E-state index >= 15 is 0 Å². The molecule has 0 bridgehead atoms. The minimum absolute atomic E-state index is 0.153. The van der Waals surface area contributed by atoms with E-state index in [2.05, 4.69) is 15.3 Å². The van der Waals surface area contributed by atoms with Crippen molar-refractivity contribution in [3.05, 3.63) is 112 Å². The molecule has 3 aromatic carbocycles. The van der Waals surface area contributed by atoms with Crippen LogP contribution in [0.5, 0.6) is 5.75 Å². The number of carbonyl (C=O) groups excluding carboxylic acids is 1. The Morgan fingerprint density at radius 3 is 2.41 bits per heavy atom. The molecule has 0 radical (unpaired) electrons. The Morgan fingerprint density at radius 1 is 0.923 bits per heavy atom. The Morgan fingerprint density at radius 2 is 1.69 bits per heavy atom. The van der Waals surface area contributed by atoms with E-state index in [4.69, 9.17) is 27.9 Å². The molecule has 194 valence electrons. The summed E-state index contributed by atoms with van der Waals surface area (Å²) in [5, 5.41) is 15.7. The molecule has 2 N–H and O–H groups in total. The maximum Gasteiger partial charge on any atom is 0.511 e. The van der Waals surface area contributed by atoms with Crippen LogP contribution >= 0.6 is 34.5 Å². The van der Waals surface area contributed by atoms with Crippen molar-refractivity contribution in [2.24, 2.45) is 0 Å². The lowest BCUT2D eigenvalue weighted by molar-refractivity contribution is 0.0950. The van der Waals surface area contributed by atoms with Crippen molar-refractivity contribution >= 4 is 46.6 Å². The summed E-state index contributed by atoms with van der Waals surface area (Å²) in [5.41, 5.74) is 4.84. The van der Waals surface area contributed by atoms with Gasteiger partial charge in [-0.1, -0.05) is 53.5 Å². The quantitative estimate of drug-likeness (QED) is 0.151. The molecule has 0 atom stereocenters. The number of pyridine rings is 1. The minimum atomic E-state index is -1.43. The van der Waals surface area contributed by atoms with Crippen molar-refractivity contribution < 1.29 is 19.4 Å². The number of halogens is 2. The summed E-state index contributed by atoms with van der Waals surface area (Å²) in [6, 6.07) is 21.1. The highest BCUT2D eigenvalue weighted by Gasteiger charge is 2.15. The smallest absolute Gasteiger partial charge is 0.449 e. The van der Waals surface area contributed by atoms with E-state index < -0.39 is 6.16 Å². The molecule has 0 spiro atoms. The fraction of sp³-hybridized carbons (Fsp3) is 0.0345. The Balaban J connectivity index is 1.38. The number of rotatable bonds is 7. The zero-order valence-electron chi connectivity index (χ0n) is 20.1. The van der Waals surface area contributed by atoms with Crippen LogP contribution in [0.4, 0.5) is 4.79 Å². The van der Waals surface area contributed by atoms with Crippen LogP contribution in [0.2, 0.25) is 10.0 Å². The topological polar surface area (TPSA) is 101 Å². The number of hydrogen-bond donors (Lipinski definition) is 2. The first kappa shape index (κ1) is 26.4. The molecule has 10 heteroatoms. The molecule has 0 aliphatic carbocycles. The van der Waals surface area contributed by atoms with Gasteiger partial charge in [0.05, 0.1) is 15.7 Å². The second-order valence-corrected chi connectivity index (χ2v) is 10.0. The van der Waals surface area contributed by atoms with E-state index in [9.17, 15) is 14.7 Å². The van der Waals surface area contributed by atoms with Crippen LogP contribution in [0, 0.1) is 0 Å². The van der Waals surface area contributed by atoms with Gasteiger partial charge in [0.15, 0.2) is 0 Å². The highest BCUT2D eigenvalue weighted by atomic mass is 35.5. The van der Waals surface area contributed by atoms with Gasteiger partial charge in [0, 0.05) is 46.6 Å². The molecule has 0 saturated carbocycles. The summed E-state index contributed by atoms with van der Waals surface area (Å²) in [6.45, 7) is 0.357. The van der Waals surface area contributed by atoms with E-state index in [0.29, 0.717) is 43.9 Å². The lowest BCUT2D eigenvalue weighted by Gasteiger charge is -2.11. The zero-order chi connectivity index (χ0) is 27.4. The summed E-state index contributed by atoms with van der Waals surface area (Å²) in [5.74, 6) is -0.0793. The molecule has 0 fully saturated rings. The first-order valence-corrected chi connectivity index (χ1v) is 13.2. The highest BCUT2D eigenvalue weighted by Crippen LogP contribution is 2.37. The maximum absolute atomic E-state index is 12.6. The predicted octanol–water partition coefficient (Wildman–Crippen LogP) is 7.83. The van der Waals surface area contributed by atoms with Crippen LogP contribution in [0.1, 0.15) is 15.9 Å². The van der Waals surface area contributed by atoms with Crippen LogP contribution in [-0.4, -0.2) is 27.1 Å². The van der Waals surface area contributed by atoms with Crippen molar-refractivity contribution in [1.82, 2.24) is 15.3 Å². The molecular weight excluding hydrogens is 557 g/mol. The molecule has 5 rings (SSSR count). The van der Waals surface area contributed by atoms with Gasteiger partial charge in [-0.15, -0.1) is 11.3 Å². The SMILES string of the molecule is O=C(O)Oc1cc(-c2nc(-c3ccc(Cl)c(Cl)c3)cs2)ccc1-c1ccc(C(=O)NCc2cccnc2)cc1. The average molecular weight is 576 g/mol. The van der Waals surface area contributed by atoms with Crippen LogP contribution in [-0.2, 0) is 6.54 Å². The van der Waals surface area contributed by atoms with Crippen molar-refractivity contribution in [2.75, 3.05) is 0 Å². The van der Waals surface area contributed by atoms with Gasteiger partial charge in [0.1, 0.15) is 10.8 Å².